The van der Waals surface area contributed by atoms with E-state index in [-0.39, 0.29) is 16.3 Å². The Morgan fingerprint density at radius 2 is 1.81 bits per heavy atom. The van der Waals surface area contributed by atoms with Crippen molar-refractivity contribution < 1.29 is 13.2 Å². The van der Waals surface area contributed by atoms with Gasteiger partial charge >= 0.3 is 0 Å². The molecule has 5 nitrogen and oxygen atoms in total. The molecule has 0 radical (unpaired) electrons. The number of sulfone groups is 1. The summed E-state index contributed by atoms with van der Waals surface area (Å²) in [6.07, 6.45) is 0. The van der Waals surface area contributed by atoms with Crippen molar-refractivity contribution in [3.63, 3.8) is 0 Å². The van der Waals surface area contributed by atoms with Crippen molar-refractivity contribution in [3.8, 4) is 0 Å². The molecule has 0 spiro atoms. The van der Waals surface area contributed by atoms with Crippen LogP contribution >= 0.6 is 0 Å². The highest BCUT2D eigenvalue weighted by Gasteiger charge is 2.19. The van der Waals surface area contributed by atoms with E-state index in [4.69, 9.17) is 11.5 Å². The molecule has 6 heteroatoms. The molecular formula is C15H16N2O3S. The minimum absolute atomic E-state index is 0.114. The number of amides is 1. The molecule has 0 aromatic heterocycles. The third kappa shape index (κ3) is 3.22. The van der Waals surface area contributed by atoms with Crippen molar-refractivity contribution in [2.45, 2.75) is 17.6 Å². The van der Waals surface area contributed by atoms with Gasteiger partial charge in [-0.1, -0.05) is 18.2 Å². The van der Waals surface area contributed by atoms with Crippen LogP contribution in [0.2, 0.25) is 0 Å². The normalized spacial score (nSPS) is 11.3. The zero-order valence-corrected chi connectivity index (χ0v) is 12.4. The van der Waals surface area contributed by atoms with Gasteiger partial charge in [-0.3, -0.25) is 4.79 Å². The quantitative estimate of drug-likeness (QED) is 0.838. The van der Waals surface area contributed by atoms with Crippen LogP contribution in [0.5, 0.6) is 0 Å². The first kappa shape index (κ1) is 15.1. The number of para-hydroxylation sites is 1. The van der Waals surface area contributed by atoms with Gasteiger partial charge < -0.3 is 11.5 Å². The van der Waals surface area contributed by atoms with Gasteiger partial charge in [0, 0.05) is 5.56 Å². The lowest BCUT2D eigenvalue weighted by molar-refractivity contribution is 0.1000. The summed E-state index contributed by atoms with van der Waals surface area (Å²) in [6, 6.07) is 11.1. The van der Waals surface area contributed by atoms with Gasteiger partial charge in [0.2, 0.25) is 5.91 Å². The van der Waals surface area contributed by atoms with Crippen LogP contribution in [0.15, 0.2) is 47.4 Å². The van der Waals surface area contributed by atoms with Gasteiger partial charge in [-0.15, -0.1) is 0 Å². The second-order valence-corrected chi connectivity index (χ2v) is 6.76. The molecule has 2 aromatic rings. The highest BCUT2D eigenvalue weighted by Crippen LogP contribution is 2.23. The van der Waals surface area contributed by atoms with Gasteiger partial charge in [0.05, 0.1) is 16.3 Å². The number of nitrogen functional groups attached to an aromatic ring is 1. The number of aryl methyl sites for hydroxylation is 1. The van der Waals surface area contributed by atoms with E-state index in [2.05, 4.69) is 0 Å². The molecule has 0 aliphatic carbocycles. The Kier molecular flexibility index (Phi) is 3.99. The average molecular weight is 304 g/mol. The molecule has 0 heterocycles. The number of hydrogen-bond acceptors (Lipinski definition) is 4. The lowest BCUT2D eigenvalue weighted by Gasteiger charge is -2.10. The molecule has 110 valence electrons. The van der Waals surface area contributed by atoms with Gasteiger partial charge in [0.15, 0.2) is 9.84 Å². The van der Waals surface area contributed by atoms with Crippen molar-refractivity contribution in [1.82, 2.24) is 0 Å². The third-order valence-corrected chi connectivity index (χ3v) is 4.96. The largest absolute Gasteiger partial charge is 0.398 e. The van der Waals surface area contributed by atoms with E-state index in [1.807, 2.05) is 0 Å². The molecule has 0 aliphatic heterocycles. The predicted octanol–water partition coefficient (Wildman–Crippen LogP) is 1.65. The molecule has 1 amide bonds. The summed E-state index contributed by atoms with van der Waals surface area (Å²) in [6.45, 7) is 1.74. The Hall–Kier alpha value is -2.34. The van der Waals surface area contributed by atoms with E-state index < -0.39 is 15.7 Å². The fourth-order valence-electron chi connectivity index (χ4n) is 2.06. The van der Waals surface area contributed by atoms with Crippen molar-refractivity contribution in [2.24, 2.45) is 5.73 Å². The first-order chi connectivity index (χ1) is 9.81. The summed E-state index contributed by atoms with van der Waals surface area (Å²) in [5.41, 5.74) is 12.8. The maximum absolute atomic E-state index is 12.4. The SMILES string of the molecule is Cc1cc(C(N)=O)ccc1CS(=O)(=O)c1ccccc1N. The molecule has 0 atom stereocenters. The minimum Gasteiger partial charge on any atom is -0.398 e. The van der Waals surface area contributed by atoms with E-state index in [0.717, 1.165) is 0 Å². The van der Waals surface area contributed by atoms with E-state index in [1.165, 1.54) is 12.1 Å². The minimum atomic E-state index is -3.54. The number of primary amides is 1. The number of anilines is 1. The molecule has 0 fully saturated rings. The second kappa shape index (κ2) is 5.57. The summed E-state index contributed by atoms with van der Waals surface area (Å²) in [5, 5.41) is 0. The van der Waals surface area contributed by atoms with Gasteiger partial charge in [0.1, 0.15) is 0 Å². The number of benzene rings is 2. The van der Waals surface area contributed by atoms with E-state index >= 15 is 0 Å². The number of carbonyl (C=O) groups is 1. The van der Waals surface area contributed by atoms with Crippen LogP contribution in [0.25, 0.3) is 0 Å². The Labute approximate surface area is 123 Å². The molecule has 0 aliphatic rings. The topological polar surface area (TPSA) is 103 Å². The Balaban J connectivity index is 2.38. The molecule has 0 saturated heterocycles. The Morgan fingerprint density at radius 3 is 2.38 bits per heavy atom. The summed E-state index contributed by atoms with van der Waals surface area (Å²) >= 11 is 0. The van der Waals surface area contributed by atoms with Crippen LogP contribution in [0, 0.1) is 6.92 Å². The molecule has 2 aromatic carbocycles. The maximum Gasteiger partial charge on any atom is 0.248 e. The van der Waals surface area contributed by atoms with Crippen LogP contribution < -0.4 is 11.5 Å². The number of rotatable bonds is 4. The lowest BCUT2D eigenvalue weighted by atomic mass is 10.1. The summed E-state index contributed by atoms with van der Waals surface area (Å²) in [4.78, 5) is 11.2. The van der Waals surface area contributed by atoms with Crippen molar-refractivity contribution >= 4 is 21.4 Å². The fraction of sp³-hybridized carbons (Fsp3) is 0.133. The third-order valence-electron chi connectivity index (χ3n) is 3.23. The monoisotopic (exact) mass is 304 g/mol. The molecule has 0 saturated carbocycles. The Morgan fingerprint density at radius 1 is 1.14 bits per heavy atom. The van der Waals surface area contributed by atoms with Crippen LogP contribution in [-0.2, 0) is 15.6 Å². The standard InChI is InChI=1S/C15H16N2O3S/c1-10-8-11(15(17)18)6-7-12(10)9-21(19,20)14-5-3-2-4-13(14)16/h2-8H,9,16H2,1H3,(H2,17,18). The van der Waals surface area contributed by atoms with Gasteiger partial charge in [-0.05, 0) is 42.3 Å². The number of nitrogens with two attached hydrogens (primary N) is 2. The fourth-order valence-corrected chi connectivity index (χ4v) is 3.66. The molecular weight excluding hydrogens is 288 g/mol. The highest BCUT2D eigenvalue weighted by molar-refractivity contribution is 7.90. The molecule has 2 rings (SSSR count). The maximum atomic E-state index is 12.4. The van der Waals surface area contributed by atoms with Crippen molar-refractivity contribution in [1.29, 1.82) is 0 Å². The van der Waals surface area contributed by atoms with E-state index in [0.29, 0.717) is 16.7 Å². The second-order valence-electron chi connectivity index (χ2n) is 4.80. The lowest BCUT2D eigenvalue weighted by Crippen LogP contribution is -2.12. The van der Waals surface area contributed by atoms with Crippen molar-refractivity contribution in [2.75, 3.05) is 5.73 Å². The summed E-state index contributed by atoms with van der Waals surface area (Å²) in [5.74, 6) is -0.716. The van der Waals surface area contributed by atoms with Crippen LogP contribution in [0.3, 0.4) is 0 Å². The molecule has 0 unspecified atom stereocenters. The van der Waals surface area contributed by atoms with Gasteiger partial charge in [-0.25, -0.2) is 8.42 Å². The molecule has 21 heavy (non-hydrogen) atoms. The summed E-state index contributed by atoms with van der Waals surface area (Å²) < 4.78 is 24.8. The average Bonchev–Trinajstić information content (AvgIpc) is 2.41. The van der Waals surface area contributed by atoms with Crippen LogP contribution in [-0.4, -0.2) is 14.3 Å². The summed E-state index contributed by atoms with van der Waals surface area (Å²) in [7, 11) is -3.54. The number of hydrogen-bond donors (Lipinski definition) is 2. The first-order valence-electron chi connectivity index (χ1n) is 6.28. The zero-order valence-electron chi connectivity index (χ0n) is 11.5. The van der Waals surface area contributed by atoms with Crippen molar-refractivity contribution in [3.05, 3.63) is 59.2 Å². The first-order valence-corrected chi connectivity index (χ1v) is 7.93. The van der Waals surface area contributed by atoms with Crippen LogP contribution in [0.1, 0.15) is 21.5 Å². The molecule has 4 N–H and O–H groups in total. The van der Waals surface area contributed by atoms with E-state index in [9.17, 15) is 13.2 Å². The molecule has 0 bridgehead atoms. The highest BCUT2D eigenvalue weighted by atomic mass is 32.2. The van der Waals surface area contributed by atoms with Gasteiger partial charge in [-0.2, -0.15) is 0 Å². The smallest absolute Gasteiger partial charge is 0.248 e. The van der Waals surface area contributed by atoms with E-state index in [1.54, 1.807) is 37.3 Å². The van der Waals surface area contributed by atoms with Crippen LogP contribution in [0.4, 0.5) is 5.69 Å². The number of carbonyl (C=O) groups excluding carboxylic acids is 1. The Bertz CT molecular complexity index is 798. The predicted molar refractivity (Wildman–Crippen MR) is 81.4 cm³/mol. The zero-order chi connectivity index (χ0) is 15.6. The van der Waals surface area contributed by atoms with Gasteiger partial charge in [0.25, 0.3) is 0 Å².